The van der Waals surface area contributed by atoms with Crippen LogP contribution in [0, 0.1) is 10.1 Å². The molecule has 1 aromatic carbocycles. The molecule has 0 aliphatic heterocycles. The van der Waals surface area contributed by atoms with Crippen LogP contribution in [-0.2, 0) is 5.75 Å². The van der Waals surface area contributed by atoms with Crippen molar-refractivity contribution in [1.29, 1.82) is 0 Å². The molecule has 0 aliphatic carbocycles. The first-order valence-corrected chi connectivity index (χ1v) is 6.22. The lowest BCUT2D eigenvalue weighted by Crippen LogP contribution is -1.93. The van der Waals surface area contributed by atoms with E-state index in [4.69, 9.17) is 5.11 Å². The minimum Gasteiger partial charge on any atom is -0.396 e. The maximum absolute atomic E-state index is 10.6. The Labute approximate surface area is 100.0 Å². The number of nitro groups is 1. The van der Waals surface area contributed by atoms with Crippen LogP contribution >= 0.6 is 27.7 Å². The number of hydrogen-bond donors (Lipinski definition) is 1. The van der Waals surface area contributed by atoms with E-state index < -0.39 is 4.92 Å². The first-order valence-electron chi connectivity index (χ1n) is 4.27. The fraction of sp³-hybridized carbons (Fsp3) is 0.333. The quantitative estimate of drug-likeness (QED) is 0.514. The third-order valence-electron chi connectivity index (χ3n) is 1.75. The molecule has 0 heterocycles. The predicted molar refractivity (Wildman–Crippen MR) is 64.0 cm³/mol. The van der Waals surface area contributed by atoms with Crippen molar-refractivity contribution in [1.82, 2.24) is 0 Å². The van der Waals surface area contributed by atoms with Crippen molar-refractivity contribution in [2.45, 2.75) is 5.75 Å². The normalized spacial score (nSPS) is 10.3. The van der Waals surface area contributed by atoms with E-state index in [0.29, 0.717) is 16.0 Å². The van der Waals surface area contributed by atoms with Gasteiger partial charge >= 0.3 is 0 Å². The minimum absolute atomic E-state index is 0.0806. The third kappa shape index (κ3) is 3.48. The van der Waals surface area contributed by atoms with Crippen LogP contribution in [0.15, 0.2) is 22.7 Å². The highest BCUT2D eigenvalue weighted by Gasteiger charge is 2.14. The summed E-state index contributed by atoms with van der Waals surface area (Å²) >= 11 is 4.75. The first-order chi connectivity index (χ1) is 7.16. The number of nitro benzene ring substituents is 1. The summed E-state index contributed by atoms with van der Waals surface area (Å²) < 4.78 is 0.528. The summed E-state index contributed by atoms with van der Waals surface area (Å²) in [6, 6.07) is 4.96. The van der Waals surface area contributed by atoms with Gasteiger partial charge in [0.15, 0.2) is 0 Å². The molecule has 1 aromatic rings. The number of nitrogens with zero attached hydrogens (tertiary/aromatic N) is 1. The van der Waals surface area contributed by atoms with Gasteiger partial charge in [-0.3, -0.25) is 10.1 Å². The standard InChI is InChI=1S/C9H10BrNO3S/c10-9-7(6-15-5-4-12)2-1-3-8(9)11(13)14/h1-3,12H,4-6H2. The molecule has 0 bridgehead atoms. The Morgan fingerprint density at radius 1 is 1.53 bits per heavy atom. The number of hydrogen-bond acceptors (Lipinski definition) is 4. The summed E-state index contributed by atoms with van der Waals surface area (Å²) in [5.74, 6) is 1.29. The fourth-order valence-corrected chi connectivity index (χ4v) is 2.53. The van der Waals surface area contributed by atoms with Crippen LogP contribution in [0.4, 0.5) is 5.69 Å². The molecule has 0 spiro atoms. The summed E-state index contributed by atoms with van der Waals surface area (Å²) in [5, 5.41) is 19.2. The van der Waals surface area contributed by atoms with Gasteiger partial charge in [0, 0.05) is 17.6 Å². The first kappa shape index (κ1) is 12.5. The Morgan fingerprint density at radius 2 is 2.27 bits per heavy atom. The number of halogens is 1. The van der Waals surface area contributed by atoms with Gasteiger partial charge in [-0.05, 0) is 21.5 Å². The third-order valence-corrected chi connectivity index (χ3v) is 3.65. The summed E-state index contributed by atoms with van der Waals surface area (Å²) in [6.07, 6.45) is 0. The van der Waals surface area contributed by atoms with Crippen molar-refractivity contribution in [3.8, 4) is 0 Å². The number of benzene rings is 1. The molecule has 6 heteroatoms. The van der Waals surface area contributed by atoms with Crippen LogP contribution in [0.2, 0.25) is 0 Å². The highest BCUT2D eigenvalue weighted by molar-refractivity contribution is 9.10. The zero-order chi connectivity index (χ0) is 11.3. The molecule has 0 fully saturated rings. The summed E-state index contributed by atoms with van der Waals surface area (Å²) in [7, 11) is 0. The molecule has 1 N–H and O–H groups in total. The number of aliphatic hydroxyl groups excluding tert-OH is 1. The topological polar surface area (TPSA) is 63.4 Å². The molecule has 0 unspecified atom stereocenters. The second-order valence-corrected chi connectivity index (χ2v) is 4.68. The van der Waals surface area contributed by atoms with Gasteiger partial charge in [-0.15, -0.1) is 0 Å². The molecule has 0 saturated carbocycles. The highest BCUT2D eigenvalue weighted by atomic mass is 79.9. The van der Waals surface area contributed by atoms with Crippen molar-refractivity contribution in [2.75, 3.05) is 12.4 Å². The van der Waals surface area contributed by atoms with Crippen molar-refractivity contribution < 1.29 is 10.0 Å². The molecule has 0 aliphatic rings. The van der Waals surface area contributed by atoms with E-state index in [1.165, 1.54) is 17.8 Å². The molecule has 0 aromatic heterocycles. The SMILES string of the molecule is O=[N+]([O-])c1cccc(CSCCO)c1Br. The Hall–Kier alpha value is -0.590. The molecular weight excluding hydrogens is 282 g/mol. The van der Waals surface area contributed by atoms with Gasteiger partial charge in [0.25, 0.3) is 5.69 Å². The van der Waals surface area contributed by atoms with E-state index in [1.54, 1.807) is 6.07 Å². The van der Waals surface area contributed by atoms with Gasteiger partial charge < -0.3 is 5.11 Å². The van der Waals surface area contributed by atoms with Crippen LogP contribution in [0.1, 0.15) is 5.56 Å². The molecule has 82 valence electrons. The Balaban J connectivity index is 2.80. The average molecular weight is 292 g/mol. The molecule has 0 atom stereocenters. The largest absolute Gasteiger partial charge is 0.396 e. The molecular formula is C9H10BrNO3S. The maximum Gasteiger partial charge on any atom is 0.283 e. The Morgan fingerprint density at radius 3 is 2.87 bits per heavy atom. The van der Waals surface area contributed by atoms with Crippen LogP contribution in [-0.4, -0.2) is 22.4 Å². The minimum atomic E-state index is -0.412. The Kier molecular flexibility index (Phi) is 5.07. The number of rotatable bonds is 5. The predicted octanol–water partition coefficient (Wildman–Crippen LogP) is 2.58. The van der Waals surface area contributed by atoms with Crippen molar-refractivity contribution >= 4 is 33.4 Å². The number of thioether (sulfide) groups is 1. The van der Waals surface area contributed by atoms with E-state index in [0.717, 1.165) is 5.56 Å². The Bertz CT molecular complexity index is 359. The van der Waals surface area contributed by atoms with Gasteiger partial charge in [0.05, 0.1) is 16.0 Å². The second-order valence-electron chi connectivity index (χ2n) is 2.78. The van der Waals surface area contributed by atoms with E-state index >= 15 is 0 Å². The van der Waals surface area contributed by atoms with E-state index in [-0.39, 0.29) is 12.3 Å². The van der Waals surface area contributed by atoms with Crippen LogP contribution in [0.25, 0.3) is 0 Å². The molecule has 0 saturated heterocycles. The lowest BCUT2D eigenvalue weighted by atomic mass is 10.2. The maximum atomic E-state index is 10.6. The monoisotopic (exact) mass is 291 g/mol. The van der Waals surface area contributed by atoms with Gasteiger partial charge in [0.1, 0.15) is 0 Å². The number of aliphatic hydroxyl groups is 1. The summed E-state index contributed by atoms with van der Waals surface area (Å²) in [6.45, 7) is 0.122. The summed E-state index contributed by atoms with van der Waals surface area (Å²) in [5.41, 5.74) is 0.958. The lowest BCUT2D eigenvalue weighted by Gasteiger charge is -2.03. The van der Waals surface area contributed by atoms with E-state index in [1.807, 2.05) is 6.07 Å². The fourth-order valence-electron chi connectivity index (χ4n) is 1.07. The lowest BCUT2D eigenvalue weighted by molar-refractivity contribution is -0.385. The highest BCUT2D eigenvalue weighted by Crippen LogP contribution is 2.30. The zero-order valence-corrected chi connectivity index (χ0v) is 10.3. The van der Waals surface area contributed by atoms with Crippen LogP contribution in [0.5, 0.6) is 0 Å². The zero-order valence-electron chi connectivity index (χ0n) is 7.85. The summed E-state index contributed by atoms with van der Waals surface area (Å²) in [4.78, 5) is 10.2. The second kappa shape index (κ2) is 6.09. The molecule has 0 amide bonds. The van der Waals surface area contributed by atoms with Crippen molar-refractivity contribution in [2.24, 2.45) is 0 Å². The molecule has 15 heavy (non-hydrogen) atoms. The van der Waals surface area contributed by atoms with Gasteiger partial charge in [-0.25, -0.2) is 0 Å². The van der Waals surface area contributed by atoms with E-state index in [9.17, 15) is 10.1 Å². The van der Waals surface area contributed by atoms with Gasteiger partial charge in [0.2, 0.25) is 0 Å². The molecule has 0 radical (unpaired) electrons. The average Bonchev–Trinajstić information content (AvgIpc) is 2.20. The van der Waals surface area contributed by atoms with E-state index in [2.05, 4.69) is 15.9 Å². The molecule has 4 nitrogen and oxygen atoms in total. The van der Waals surface area contributed by atoms with Crippen LogP contribution in [0.3, 0.4) is 0 Å². The van der Waals surface area contributed by atoms with Crippen molar-refractivity contribution in [3.05, 3.63) is 38.3 Å². The molecule has 1 rings (SSSR count). The van der Waals surface area contributed by atoms with Gasteiger partial charge in [-0.2, -0.15) is 11.8 Å². The van der Waals surface area contributed by atoms with Crippen molar-refractivity contribution in [3.63, 3.8) is 0 Å². The van der Waals surface area contributed by atoms with Gasteiger partial charge in [-0.1, -0.05) is 12.1 Å². The smallest absolute Gasteiger partial charge is 0.283 e. The van der Waals surface area contributed by atoms with Crippen LogP contribution < -0.4 is 0 Å².